The Balaban J connectivity index is 1.71. The zero-order valence-corrected chi connectivity index (χ0v) is 17.0. The van der Waals surface area contributed by atoms with E-state index >= 15 is 0 Å². The lowest BCUT2D eigenvalue weighted by Crippen LogP contribution is -2.51. The highest BCUT2D eigenvalue weighted by atomic mass is 16.5. The van der Waals surface area contributed by atoms with Crippen LogP contribution in [0.15, 0.2) is 54.6 Å². The van der Waals surface area contributed by atoms with Crippen LogP contribution in [0.25, 0.3) is 0 Å². The molecule has 1 amide bonds. The maximum absolute atomic E-state index is 12.8. The fourth-order valence-electron chi connectivity index (χ4n) is 3.85. The van der Waals surface area contributed by atoms with Gasteiger partial charge in [0.1, 0.15) is 5.75 Å². The summed E-state index contributed by atoms with van der Waals surface area (Å²) in [6.45, 7) is 3.42. The number of unbranched alkanes of at least 4 members (excludes halogenated alkanes) is 1. The van der Waals surface area contributed by atoms with Gasteiger partial charge in [-0.25, -0.2) is 0 Å². The lowest BCUT2D eigenvalue weighted by Gasteiger charge is -2.41. The first-order valence-electron chi connectivity index (χ1n) is 10.3. The van der Waals surface area contributed by atoms with Gasteiger partial charge in [-0.1, -0.05) is 62.2 Å². The molecule has 1 aliphatic heterocycles. The van der Waals surface area contributed by atoms with Crippen molar-refractivity contribution in [2.24, 2.45) is 0 Å². The number of ether oxygens (including phenoxy) is 2. The van der Waals surface area contributed by atoms with E-state index in [4.69, 9.17) is 9.47 Å². The fourth-order valence-corrected chi connectivity index (χ4v) is 3.85. The molecule has 4 heteroatoms. The Morgan fingerprint density at radius 3 is 2.46 bits per heavy atom. The molecule has 1 aliphatic rings. The zero-order chi connectivity index (χ0) is 19.8. The molecule has 0 unspecified atom stereocenters. The van der Waals surface area contributed by atoms with E-state index in [1.807, 2.05) is 47.4 Å². The number of amides is 1. The minimum Gasteiger partial charge on any atom is -0.497 e. The molecule has 0 radical (unpaired) electrons. The molecule has 150 valence electrons. The minimum absolute atomic E-state index is 0.0858. The van der Waals surface area contributed by atoms with Crippen molar-refractivity contribution in [3.63, 3.8) is 0 Å². The maximum atomic E-state index is 12.8. The van der Waals surface area contributed by atoms with Gasteiger partial charge >= 0.3 is 0 Å². The quantitative estimate of drug-likeness (QED) is 0.616. The topological polar surface area (TPSA) is 38.8 Å². The monoisotopic (exact) mass is 381 g/mol. The highest BCUT2D eigenvalue weighted by Crippen LogP contribution is 2.28. The third-order valence-corrected chi connectivity index (χ3v) is 5.46. The van der Waals surface area contributed by atoms with E-state index in [1.165, 1.54) is 5.56 Å². The van der Waals surface area contributed by atoms with Crippen molar-refractivity contribution >= 4 is 5.91 Å². The van der Waals surface area contributed by atoms with Crippen molar-refractivity contribution in [3.8, 4) is 5.75 Å². The molecule has 0 aromatic heterocycles. The van der Waals surface area contributed by atoms with E-state index in [0.717, 1.165) is 37.0 Å². The molecule has 2 atom stereocenters. The number of hydrogen-bond donors (Lipinski definition) is 0. The van der Waals surface area contributed by atoms with Crippen LogP contribution in [0.1, 0.15) is 50.2 Å². The Morgan fingerprint density at radius 1 is 1.04 bits per heavy atom. The number of carbonyl (C=O) groups excluding carboxylic acids is 1. The van der Waals surface area contributed by atoms with Gasteiger partial charge in [-0.3, -0.25) is 4.79 Å². The molecule has 1 heterocycles. The molecule has 0 spiro atoms. The lowest BCUT2D eigenvalue weighted by atomic mass is 9.93. The third kappa shape index (κ3) is 5.35. The number of hydrogen-bond acceptors (Lipinski definition) is 3. The summed E-state index contributed by atoms with van der Waals surface area (Å²) in [5, 5.41) is 0. The predicted octanol–water partition coefficient (Wildman–Crippen LogP) is 4.96. The second-order valence-corrected chi connectivity index (χ2v) is 7.45. The molecular weight excluding hydrogens is 350 g/mol. The summed E-state index contributed by atoms with van der Waals surface area (Å²) < 4.78 is 11.6. The zero-order valence-electron chi connectivity index (χ0n) is 17.0. The number of carbonyl (C=O) groups is 1. The van der Waals surface area contributed by atoms with Crippen LogP contribution >= 0.6 is 0 Å². The van der Waals surface area contributed by atoms with E-state index in [0.29, 0.717) is 19.6 Å². The van der Waals surface area contributed by atoms with Gasteiger partial charge in [-0.2, -0.15) is 0 Å². The molecule has 0 bridgehead atoms. The van der Waals surface area contributed by atoms with Crippen LogP contribution in [0.5, 0.6) is 5.75 Å². The number of nitrogens with zero attached hydrogens (tertiary/aromatic N) is 1. The van der Waals surface area contributed by atoms with Gasteiger partial charge in [0.05, 0.1) is 25.9 Å². The van der Waals surface area contributed by atoms with Crippen LogP contribution in [0.4, 0.5) is 0 Å². The third-order valence-electron chi connectivity index (χ3n) is 5.46. The summed E-state index contributed by atoms with van der Waals surface area (Å²) in [5.74, 6) is 1.07. The second-order valence-electron chi connectivity index (χ2n) is 7.45. The molecule has 0 saturated carbocycles. The van der Waals surface area contributed by atoms with Crippen LogP contribution < -0.4 is 4.74 Å². The van der Waals surface area contributed by atoms with Crippen molar-refractivity contribution in [2.75, 3.05) is 7.11 Å². The van der Waals surface area contributed by atoms with Crippen molar-refractivity contribution < 1.29 is 14.3 Å². The normalized spacial score (nSPS) is 19.6. The Kier molecular flexibility index (Phi) is 7.49. The summed E-state index contributed by atoms with van der Waals surface area (Å²) in [5.41, 5.74) is 2.30. The Hall–Kier alpha value is -2.33. The number of methoxy groups -OCH3 is 1. The van der Waals surface area contributed by atoms with Gasteiger partial charge < -0.3 is 14.4 Å². The molecule has 4 nitrogen and oxygen atoms in total. The van der Waals surface area contributed by atoms with Gasteiger partial charge in [-0.15, -0.1) is 0 Å². The van der Waals surface area contributed by atoms with E-state index in [2.05, 4.69) is 19.1 Å². The van der Waals surface area contributed by atoms with Crippen LogP contribution in [-0.2, 0) is 22.7 Å². The summed E-state index contributed by atoms with van der Waals surface area (Å²) >= 11 is 0. The van der Waals surface area contributed by atoms with E-state index in [9.17, 15) is 4.79 Å². The van der Waals surface area contributed by atoms with E-state index < -0.39 is 0 Å². The lowest BCUT2D eigenvalue weighted by molar-refractivity contribution is -0.147. The van der Waals surface area contributed by atoms with Crippen LogP contribution in [0, 0.1) is 0 Å². The van der Waals surface area contributed by atoms with Gasteiger partial charge in [0.25, 0.3) is 0 Å². The number of benzene rings is 2. The smallest absolute Gasteiger partial charge is 0.223 e. The van der Waals surface area contributed by atoms with Gasteiger partial charge in [0, 0.05) is 13.0 Å². The maximum Gasteiger partial charge on any atom is 0.223 e. The Labute approximate surface area is 168 Å². The highest BCUT2D eigenvalue weighted by Gasteiger charge is 2.35. The predicted molar refractivity (Wildman–Crippen MR) is 111 cm³/mol. The first-order valence-corrected chi connectivity index (χ1v) is 10.3. The second kappa shape index (κ2) is 10.3. The van der Waals surface area contributed by atoms with E-state index in [1.54, 1.807) is 7.11 Å². The molecule has 1 saturated heterocycles. The largest absolute Gasteiger partial charge is 0.497 e. The fraction of sp³-hybridized carbons (Fsp3) is 0.458. The van der Waals surface area contributed by atoms with Gasteiger partial charge in [0.2, 0.25) is 5.91 Å². The standard InChI is InChI=1S/C24H31NO3/c1-3-4-10-22-23(28-18-20-8-6-5-7-9-20)15-16-24(26)25(22)17-19-11-13-21(27-2)14-12-19/h5-9,11-14,22-23H,3-4,10,15-18H2,1-2H3/t22-,23+/m1/s1. The number of rotatable bonds is 9. The van der Waals surface area contributed by atoms with E-state index in [-0.39, 0.29) is 18.1 Å². The van der Waals surface area contributed by atoms with Crippen LogP contribution in [0.3, 0.4) is 0 Å². The van der Waals surface area contributed by atoms with Crippen molar-refractivity contribution in [1.82, 2.24) is 4.90 Å². The Bertz CT molecular complexity index is 729. The first kappa shape index (κ1) is 20.4. The average molecular weight is 382 g/mol. The molecular formula is C24H31NO3. The molecule has 2 aromatic carbocycles. The number of piperidine rings is 1. The number of likely N-dealkylation sites (tertiary alicyclic amines) is 1. The van der Waals surface area contributed by atoms with Crippen molar-refractivity contribution in [2.45, 2.75) is 64.3 Å². The Morgan fingerprint density at radius 2 is 1.79 bits per heavy atom. The van der Waals surface area contributed by atoms with Crippen molar-refractivity contribution in [1.29, 1.82) is 0 Å². The summed E-state index contributed by atoms with van der Waals surface area (Å²) in [6, 6.07) is 18.4. The molecule has 3 rings (SSSR count). The highest BCUT2D eigenvalue weighted by molar-refractivity contribution is 5.77. The molecule has 0 aliphatic carbocycles. The molecule has 28 heavy (non-hydrogen) atoms. The molecule has 1 fully saturated rings. The van der Waals surface area contributed by atoms with Crippen molar-refractivity contribution in [3.05, 3.63) is 65.7 Å². The van der Waals surface area contributed by atoms with Gasteiger partial charge in [-0.05, 0) is 36.1 Å². The SMILES string of the molecule is CCCC[C@@H]1[C@@H](OCc2ccccc2)CCC(=O)N1Cc1ccc(OC)cc1. The van der Waals surface area contributed by atoms with Crippen LogP contribution in [0.2, 0.25) is 0 Å². The average Bonchev–Trinajstić information content (AvgIpc) is 2.74. The molecule has 2 aromatic rings. The minimum atomic E-state index is 0.0858. The summed E-state index contributed by atoms with van der Waals surface area (Å²) in [4.78, 5) is 14.8. The first-order chi connectivity index (χ1) is 13.7. The molecule has 0 N–H and O–H groups in total. The summed E-state index contributed by atoms with van der Waals surface area (Å²) in [7, 11) is 1.67. The summed E-state index contributed by atoms with van der Waals surface area (Å²) in [6.07, 6.45) is 4.65. The van der Waals surface area contributed by atoms with Crippen LogP contribution in [-0.4, -0.2) is 30.1 Å². The van der Waals surface area contributed by atoms with Gasteiger partial charge in [0.15, 0.2) is 0 Å².